The van der Waals surface area contributed by atoms with Crippen LogP contribution in [0.2, 0.25) is 0 Å². The number of cyclic esters (lactones) is 1. The van der Waals surface area contributed by atoms with Crippen LogP contribution in [0.3, 0.4) is 0 Å². The summed E-state index contributed by atoms with van der Waals surface area (Å²) in [6.45, 7) is 0. The van der Waals surface area contributed by atoms with Gasteiger partial charge in [0.2, 0.25) is 5.90 Å². The Morgan fingerprint density at radius 1 is 1.17 bits per heavy atom. The molecule has 0 saturated carbocycles. The number of aliphatic imine (C=N–C) groups is 1. The Kier molecular flexibility index (Phi) is 4.63. The second-order valence-corrected chi connectivity index (χ2v) is 6.47. The first-order valence-corrected chi connectivity index (χ1v) is 8.28. The lowest BCUT2D eigenvalue weighted by molar-refractivity contribution is -0.129. The van der Waals surface area contributed by atoms with Crippen molar-refractivity contribution in [3.8, 4) is 5.75 Å². The molecule has 1 aliphatic heterocycles. The predicted molar refractivity (Wildman–Crippen MR) is 95.4 cm³/mol. The Morgan fingerprint density at radius 2 is 1.96 bits per heavy atom. The average Bonchev–Trinajstić information content (AvgIpc) is 2.89. The van der Waals surface area contributed by atoms with Crippen LogP contribution in [0.25, 0.3) is 6.08 Å². The van der Waals surface area contributed by atoms with E-state index in [9.17, 15) is 4.79 Å². The van der Waals surface area contributed by atoms with Gasteiger partial charge in [-0.05, 0) is 52.3 Å². The molecule has 2 aromatic rings. The van der Waals surface area contributed by atoms with E-state index in [1.54, 1.807) is 13.2 Å². The Bertz CT molecular complexity index is 843. The van der Waals surface area contributed by atoms with Gasteiger partial charge in [0.1, 0.15) is 5.75 Å². The van der Waals surface area contributed by atoms with Gasteiger partial charge in [-0.2, -0.15) is 0 Å². The fourth-order valence-corrected chi connectivity index (χ4v) is 2.96. The molecule has 23 heavy (non-hydrogen) atoms. The van der Waals surface area contributed by atoms with E-state index in [0.717, 1.165) is 20.1 Å². The molecule has 0 fully saturated rings. The average molecular weight is 437 g/mol. The number of nitrogens with zero attached hydrogens (tertiary/aromatic N) is 1. The Hall–Kier alpha value is -1.92. The van der Waals surface area contributed by atoms with Gasteiger partial charge in [0.05, 0.1) is 12.7 Å². The van der Waals surface area contributed by atoms with Crippen LogP contribution in [0.15, 0.2) is 62.1 Å². The molecule has 0 N–H and O–H groups in total. The molecule has 1 heterocycles. The third-order valence-electron chi connectivity index (χ3n) is 3.21. The van der Waals surface area contributed by atoms with Gasteiger partial charge in [-0.15, -0.1) is 0 Å². The molecule has 1 aliphatic rings. The highest BCUT2D eigenvalue weighted by Gasteiger charge is 2.25. The number of halogens is 2. The number of esters is 1. The number of carbonyl (C=O) groups excluding carboxylic acids is 1. The van der Waals surface area contributed by atoms with Crippen molar-refractivity contribution in [2.24, 2.45) is 4.99 Å². The maximum atomic E-state index is 12.1. The monoisotopic (exact) mass is 435 g/mol. The van der Waals surface area contributed by atoms with Crippen molar-refractivity contribution in [3.63, 3.8) is 0 Å². The van der Waals surface area contributed by atoms with Gasteiger partial charge in [-0.3, -0.25) is 0 Å². The normalized spacial score (nSPS) is 15.5. The third-order valence-corrected chi connectivity index (χ3v) is 4.39. The number of benzene rings is 2. The summed E-state index contributed by atoms with van der Waals surface area (Å²) >= 11 is 6.83. The largest absolute Gasteiger partial charge is 0.496 e. The van der Waals surface area contributed by atoms with Crippen molar-refractivity contribution < 1.29 is 14.3 Å². The van der Waals surface area contributed by atoms with Crippen LogP contribution in [0, 0.1) is 0 Å². The molecule has 0 spiro atoms. The molecule has 4 nitrogen and oxygen atoms in total. The topological polar surface area (TPSA) is 47.9 Å². The van der Waals surface area contributed by atoms with E-state index < -0.39 is 5.97 Å². The van der Waals surface area contributed by atoms with E-state index in [0.29, 0.717) is 5.75 Å². The number of hydrogen-bond acceptors (Lipinski definition) is 4. The van der Waals surface area contributed by atoms with Gasteiger partial charge in [0.15, 0.2) is 5.70 Å². The second kappa shape index (κ2) is 6.68. The van der Waals surface area contributed by atoms with Crippen LogP contribution >= 0.6 is 31.9 Å². The Morgan fingerprint density at radius 3 is 2.70 bits per heavy atom. The van der Waals surface area contributed by atoms with Crippen LogP contribution in [0.4, 0.5) is 0 Å². The molecule has 6 heteroatoms. The molecule has 0 bridgehead atoms. The summed E-state index contributed by atoms with van der Waals surface area (Å²) < 4.78 is 12.3. The summed E-state index contributed by atoms with van der Waals surface area (Å²) in [4.78, 5) is 16.4. The summed E-state index contributed by atoms with van der Waals surface area (Å²) in [5, 5.41) is 0. The molecule has 0 radical (unpaired) electrons. The lowest BCUT2D eigenvalue weighted by atomic mass is 10.1. The highest BCUT2D eigenvalue weighted by atomic mass is 79.9. The minimum atomic E-state index is -0.488. The summed E-state index contributed by atoms with van der Waals surface area (Å²) in [6, 6.07) is 13.0. The maximum Gasteiger partial charge on any atom is 0.363 e. The van der Waals surface area contributed by atoms with Crippen molar-refractivity contribution in [2.75, 3.05) is 7.11 Å². The fourth-order valence-electron chi connectivity index (χ4n) is 2.12. The second-order valence-electron chi connectivity index (χ2n) is 4.70. The molecule has 116 valence electrons. The van der Waals surface area contributed by atoms with Crippen molar-refractivity contribution in [2.45, 2.75) is 0 Å². The molecule has 0 saturated heterocycles. The number of ether oxygens (including phenoxy) is 2. The first kappa shape index (κ1) is 16.0. The van der Waals surface area contributed by atoms with Crippen LogP contribution in [-0.2, 0) is 9.53 Å². The first-order valence-electron chi connectivity index (χ1n) is 6.69. The van der Waals surface area contributed by atoms with Crippen LogP contribution in [0.1, 0.15) is 11.1 Å². The van der Waals surface area contributed by atoms with E-state index in [4.69, 9.17) is 9.47 Å². The minimum absolute atomic E-state index is 0.229. The molecule has 0 amide bonds. The summed E-state index contributed by atoms with van der Waals surface area (Å²) in [5.41, 5.74) is 1.70. The zero-order valence-corrected chi connectivity index (χ0v) is 15.2. The van der Waals surface area contributed by atoms with Gasteiger partial charge >= 0.3 is 5.97 Å². The fraction of sp³-hybridized carbons (Fsp3) is 0.0588. The lowest BCUT2D eigenvalue weighted by Crippen LogP contribution is -2.05. The van der Waals surface area contributed by atoms with Gasteiger partial charge in [-0.25, -0.2) is 9.79 Å². The summed E-state index contributed by atoms with van der Waals surface area (Å²) in [5.74, 6) is 0.443. The van der Waals surface area contributed by atoms with Crippen molar-refractivity contribution >= 4 is 49.8 Å². The van der Waals surface area contributed by atoms with E-state index in [1.807, 2.05) is 42.5 Å². The number of rotatable bonds is 3. The molecule has 0 aromatic heterocycles. The Labute approximate surface area is 150 Å². The van der Waals surface area contributed by atoms with Gasteiger partial charge in [-0.1, -0.05) is 28.1 Å². The summed E-state index contributed by atoms with van der Waals surface area (Å²) in [7, 11) is 1.58. The molecule has 0 unspecified atom stereocenters. The smallest absolute Gasteiger partial charge is 0.363 e. The van der Waals surface area contributed by atoms with E-state index >= 15 is 0 Å². The van der Waals surface area contributed by atoms with Gasteiger partial charge < -0.3 is 9.47 Å². The zero-order chi connectivity index (χ0) is 16.4. The SMILES string of the molecule is COc1ccc(Br)cc1C=C1N=C(c2ccccc2Br)OC1=O. The van der Waals surface area contributed by atoms with E-state index in [1.165, 1.54) is 0 Å². The minimum Gasteiger partial charge on any atom is -0.496 e. The highest BCUT2D eigenvalue weighted by Crippen LogP contribution is 2.28. The molecule has 2 aromatic carbocycles. The number of hydrogen-bond donors (Lipinski definition) is 0. The molecular formula is C17H11Br2NO3. The van der Waals surface area contributed by atoms with Gasteiger partial charge in [0, 0.05) is 14.5 Å². The van der Waals surface area contributed by atoms with Crippen molar-refractivity contribution in [3.05, 3.63) is 68.2 Å². The third kappa shape index (κ3) is 3.38. The van der Waals surface area contributed by atoms with E-state index in [2.05, 4.69) is 36.9 Å². The lowest BCUT2D eigenvalue weighted by Gasteiger charge is -2.04. The first-order chi connectivity index (χ1) is 11.1. The molecule has 3 rings (SSSR count). The zero-order valence-electron chi connectivity index (χ0n) is 12.0. The van der Waals surface area contributed by atoms with E-state index in [-0.39, 0.29) is 11.6 Å². The highest BCUT2D eigenvalue weighted by molar-refractivity contribution is 9.10. The Balaban J connectivity index is 2.02. The molecule has 0 aliphatic carbocycles. The standard InChI is InChI=1S/C17H11Br2NO3/c1-22-15-7-6-11(18)8-10(15)9-14-17(21)23-16(20-14)12-4-2-3-5-13(12)19/h2-9H,1H3. The number of methoxy groups -OCH3 is 1. The quantitative estimate of drug-likeness (QED) is 0.523. The molecular weight excluding hydrogens is 426 g/mol. The molecule has 0 atom stereocenters. The van der Waals surface area contributed by atoms with Crippen LogP contribution < -0.4 is 4.74 Å². The predicted octanol–water partition coefficient (Wildman–Crippen LogP) is 4.56. The maximum absolute atomic E-state index is 12.1. The summed E-state index contributed by atoms with van der Waals surface area (Å²) in [6.07, 6.45) is 1.65. The van der Waals surface area contributed by atoms with Crippen molar-refractivity contribution in [1.82, 2.24) is 0 Å². The number of carbonyl (C=O) groups is 1. The van der Waals surface area contributed by atoms with Gasteiger partial charge in [0.25, 0.3) is 0 Å². The van der Waals surface area contributed by atoms with Crippen LogP contribution in [-0.4, -0.2) is 19.0 Å². The van der Waals surface area contributed by atoms with Crippen LogP contribution in [0.5, 0.6) is 5.75 Å². The van der Waals surface area contributed by atoms with Crippen molar-refractivity contribution in [1.29, 1.82) is 0 Å².